The zero-order chi connectivity index (χ0) is 21.4. The molecule has 1 amide bonds. The molecular weight excluding hydrogens is 446 g/mol. The number of carbonyl (C=O) groups excluding carboxylic acids is 2. The van der Waals surface area contributed by atoms with Gasteiger partial charge in [0.05, 0.1) is 6.04 Å². The van der Waals surface area contributed by atoms with Crippen molar-refractivity contribution in [2.45, 2.75) is 77.0 Å². The second-order valence-corrected chi connectivity index (χ2v) is 11.1. The van der Waals surface area contributed by atoms with E-state index >= 15 is 0 Å². The van der Waals surface area contributed by atoms with E-state index in [9.17, 15) is 9.59 Å². The first-order valence-corrected chi connectivity index (χ1v) is 12.1. The lowest BCUT2D eigenvalue weighted by atomic mass is 9.41. The van der Waals surface area contributed by atoms with Crippen molar-refractivity contribution in [2.75, 3.05) is 5.33 Å². The van der Waals surface area contributed by atoms with Gasteiger partial charge in [0.15, 0.2) is 0 Å². The van der Waals surface area contributed by atoms with Crippen LogP contribution in [0.2, 0.25) is 0 Å². The first-order valence-electron chi connectivity index (χ1n) is 11.0. The van der Waals surface area contributed by atoms with Gasteiger partial charge in [-0.25, -0.2) is 4.79 Å². The Hall–Kier alpha value is -1.56. The number of hydrogen-bond acceptors (Lipinski definition) is 4. The minimum atomic E-state index is -0.627. The minimum Gasteiger partial charge on any atom is -0.457 e. The van der Waals surface area contributed by atoms with Crippen molar-refractivity contribution in [2.24, 2.45) is 16.7 Å². The number of carbonyl (C=O) groups is 2. The number of alkyl halides is 1. The summed E-state index contributed by atoms with van der Waals surface area (Å²) in [5, 5.41) is 3.92. The van der Waals surface area contributed by atoms with Gasteiger partial charge in [-0.15, -0.1) is 0 Å². The van der Waals surface area contributed by atoms with Crippen LogP contribution in [-0.2, 0) is 20.9 Å². The Morgan fingerprint density at radius 1 is 1.13 bits per heavy atom. The fourth-order valence-corrected chi connectivity index (χ4v) is 7.28. The predicted octanol–water partition coefficient (Wildman–Crippen LogP) is 5.36. The molecule has 0 spiro atoms. The summed E-state index contributed by atoms with van der Waals surface area (Å²) in [4.78, 5) is 25.4. The molecule has 5 rings (SSSR count). The van der Waals surface area contributed by atoms with Crippen LogP contribution in [0.25, 0.3) is 0 Å². The summed E-state index contributed by atoms with van der Waals surface area (Å²) in [6, 6.07) is 9.45. The van der Waals surface area contributed by atoms with Gasteiger partial charge in [-0.3, -0.25) is 4.79 Å². The fourth-order valence-electron chi connectivity index (χ4n) is 7.00. The van der Waals surface area contributed by atoms with E-state index in [1.54, 1.807) is 0 Å². The summed E-state index contributed by atoms with van der Waals surface area (Å²) < 4.78 is 11.8. The molecule has 6 heteroatoms. The van der Waals surface area contributed by atoms with Gasteiger partial charge in [-0.1, -0.05) is 60.1 Å². The highest BCUT2D eigenvalue weighted by Gasteiger charge is 2.68. The highest BCUT2D eigenvalue weighted by Crippen LogP contribution is 2.67. The molecule has 4 fully saturated rings. The number of benzene rings is 1. The molecule has 30 heavy (non-hydrogen) atoms. The Bertz CT molecular complexity index is 802. The third-order valence-electron chi connectivity index (χ3n) is 7.26. The molecule has 5 unspecified atom stereocenters. The summed E-state index contributed by atoms with van der Waals surface area (Å²) in [5.74, 6) is 0.387. The van der Waals surface area contributed by atoms with E-state index in [0.717, 1.165) is 43.0 Å². The topological polar surface area (TPSA) is 64.6 Å². The van der Waals surface area contributed by atoms with Gasteiger partial charge in [0, 0.05) is 11.8 Å². The average Bonchev–Trinajstić information content (AvgIpc) is 2.67. The van der Waals surface area contributed by atoms with Gasteiger partial charge < -0.3 is 14.8 Å². The zero-order valence-corrected chi connectivity index (χ0v) is 19.5. The van der Waals surface area contributed by atoms with Crippen LogP contribution in [0, 0.1) is 16.7 Å². The van der Waals surface area contributed by atoms with Gasteiger partial charge in [-0.2, -0.15) is 0 Å². The van der Waals surface area contributed by atoms with Crippen molar-refractivity contribution >= 4 is 28.0 Å². The molecule has 164 valence electrons. The molecule has 1 N–H and O–H groups in total. The van der Waals surface area contributed by atoms with Crippen LogP contribution in [0.4, 0.5) is 4.79 Å². The molecule has 5 nitrogen and oxygen atoms in total. The first-order chi connectivity index (χ1) is 14.3. The number of amides is 1. The molecule has 5 atom stereocenters. The quantitative estimate of drug-likeness (QED) is 0.424. The van der Waals surface area contributed by atoms with Crippen LogP contribution in [0.5, 0.6) is 0 Å². The molecule has 1 aromatic rings. The maximum absolute atomic E-state index is 12.8. The Morgan fingerprint density at radius 2 is 1.90 bits per heavy atom. The molecule has 0 heterocycles. The first kappa shape index (κ1) is 21.7. The summed E-state index contributed by atoms with van der Waals surface area (Å²) in [5.41, 5.74) is 0.401. The summed E-state index contributed by atoms with van der Waals surface area (Å²) in [6.07, 6.45) is 5.67. The molecule has 0 aliphatic heterocycles. The van der Waals surface area contributed by atoms with Crippen LogP contribution in [0.1, 0.15) is 64.4 Å². The Labute approximate surface area is 187 Å². The van der Waals surface area contributed by atoms with E-state index in [4.69, 9.17) is 9.47 Å². The second-order valence-electron chi connectivity index (χ2n) is 10.3. The van der Waals surface area contributed by atoms with Crippen LogP contribution < -0.4 is 5.32 Å². The van der Waals surface area contributed by atoms with E-state index < -0.39 is 11.7 Å². The van der Waals surface area contributed by atoms with Gasteiger partial charge in [-0.05, 0) is 60.8 Å². The number of rotatable bonds is 7. The summed E-state index contributed by atoms with van der Waals surface area (Å²) in [7, 11) is 0. The largest absolute Gasteiger partial charge is 0.457 e. The van der Waals surface area contributed by atoms with Gasteiger partial charge >= 0.3 is 12.1 Å². The Balaban J connectivity index is 1.51. The van der Waals surface area contributed by atoms with Crippen molar-refractivity contribution in [3.8, 4) is 0 Å². The van der Waals surface area contributed by atoms with Gasteiger partial charge in [0.2, 0.25) is 0 Å². The third-order valence-corrected chi connectivity index (χ3v) is 7.82. The van der Waals surface area contributed by atoms with E-state index in [2.05, 4.69) is 35.1 Å². The number of hydrogen-bond donors (Lipinski definition) is 1. The molecular formula is C24H32BrNO4. The molecule has 4 saturated carbocycles. The molecule has 4 aliphatic rings. The third kappa shape index (κ3) is 4.25. The van der Waals surface area contributed by atoms with Crippen LogP contribution in [0.3, 0.4) is 0 Å². The number of alkyl carbamates (subject to hydrolysis) is 1. The van der Waals surface area contributed by atoms with Crippen molar-refractivity contribution in [1.29, 1.82) is 0 Å². The van der Waals surface area contributed by atoms with Crippen molar-refractivity contribution in [3.05, 3.63) is 35.9 Å². The molecule has 4 aliphatic carbocycles. The average molecular weight is 478 g/mol. The molecule has 1 aromatic carbocycles. The lowest BCUT2D eigenvalue weighted by molar-refractivity contribution is -0.230. The van der Waals surface area contributed by atoms with Crippen molar-refractivity contribution in [3.63, 3.8) is 0 Å². The van der Waals surface area contributed by atoms with Crippen molar-refractivity contribution in [1.82, 2.24) is 5.32 Å². The molecule has 0 saturated heterocycles. The van der Waals surface area contributed by atoms with E-state index in [1.807, 2.05) is 30.3 Å². The van der Waals surface area contributed by atoms with Crippen LogP contribution in [-0.4, -0.2) is 29.0 Å². The van der Waals surface area contributed by atoms with Gasteiger partial charge in [0.1, 0.15) is 12.2 Å². The maximum Gasteiger partial charge on any atom is 0.407 e. The zero-order valence-electron chi connectivity index (χ0n) is 17.9. The van der Waals surface area contributed by atoms with E-state index in [-0.39, 0.29) is 29.4 Å². The number of ether oxygens (including phenoxy) is 2. The Kier molecular flexibility index (Phi) is 5.90. The monoisotopic (exact) mass is 477 g/mol. The van der Waals surface area contributed by atoms with Crippen molar-refractivity contribution < 1.29 is 19.1 Å². The number of nitrogens with one attached hydrogen (secondary N) is 1. The highest BCUT2D eigenvalue weighted by atomic mass is 79.9. The second kappa shape index (κ2) is 8.18. The maximum atomic E-state index is 12.8. The molecule has 0 radical (unpaired) electrons. The normalized spacial score (nSPS) is 36.4. The summed E-state index contributed by atoms with van der Waals surface area (Å²) >= 11 is 3.39. The van der Waals surface area contributed by atoms with E-state index in [0.29, 0.717) is 12.3 Å². The lowest BCUT2D eigenvalue weighted by Gasteiger charge is -2.67. The van der Waals surface area contributed by atoms with E-state index in [1.165, 1.54) is 6.42 Å². The minimum absolute atomic E-state index is 0.0877. The van der Waals surface area contributed by atoms with Crippen LogP contribution in [0.15, 0.2) is 30.3 Å². The Morgan fingerprint density at radius 3 is 2.60 bits per heavy atom. The molecule has 4 bridgehead atoms. The van der Waals surface area contributed by atoms with Gasteiger partial charge in [0.25, 0.3) is 0 Å². The SMILES string of the molecule is CC12CC3CC(C)(C1)C(NC(=O)OCc1ccccc1)C(OC(=O)CCCBr)(C3)C2. The fraction of sp³-hybridized carbons (Fsp3) is 0.667. The smallest absolute Gasteiger partial charge is 0.407 e. The number of halogens is 1. The standard InChI is InChI=1S/C24H32BrNO4/c1-22-11-18-12-23(2,15-22)20(24(13-18,16-22)30-19(27)9-6-10-25)26-21(28)29-14-17-7-4-3-5-8-17/h3-5,7-8,18,20H,6,9-16H2,1-2H3,(H,26,28). The summed E-state index contributed by atoms with van der Waals surface area (Å²) in [6.45, 7) is 4.80. The van der Waals surface area contributed by atoms with Crippen LogP contribution >= 0.6 is 15.9 Å². The number of esters is 1. The predicted molar refractivity (Wildman–Crippen MR) is 118 cm³/mol. The lowest BCUT2D eigenvalue weighted by Crippen LogP contribution is -2.73. The molecule has 0 aromatic heterocycles. The highest BCUT2D eigenvalue weighted by molar-refractivity contribution is 9.09.